The number of β-amino-alcohol motifs (C(OH)–C–C–N with tert-alkyl or cyclic N) is 1. The molecule has 0 aromatic heterocycles. The van der Waals surface area contributed by atoms with E-state index in [-0.39, 0.29) is 16.7 Å². The molecule has 0 saturated carbocycles. The Balaban J connectivity index is 2.31. The maximum atomic E-state index is 12.6. The predicted octanol–water partition coefficient (Wildman–Crippen LogP) is 1.24. The molecule has 1 aliphatic heterocycles. The SMILES string of the molecule is Cc1ccc(S(C)(=O)=O)cc1C(=O)N1CCC(C)C(O)C1. The molecule has 0 bridgehead atoms. The lowest BCUT2D eigenvalue weighted by molar-refractivity contribution is 0.0248. The van der Waals surface area contributed by atoms with Crippen LogP contribution in [-0.4, -0.2) is 49.8 Å². The molecule has 6 heteroatoms. The van der Waals surface area contributed by atoms with Crippen molar-refractivity contribution in [3.05, 3.63) is 29.3 Å². The average Bonchev–Trinajstić information content (AvgIpc) is 2.40. The van der Waals surface area contributed by atoms with E-state index >= 15 is 0 Å². The summed E-state index contributed by atoms with van der Waals surface area (Å²) in [4.78, 5) is 14.3. The Hall–Kier alpha value is -1.40. The van der Waals surface area contributed by atoms with Crippen molar-refractivity contribution in [1.29, 1.82) is 0 Å². The maximum Gasteiger partial charge on any atom is 0.254 e. The van der Waals surface area contributed by atoms with E-state index in [1.807, 2.05) is 6.92 Å². The largest absolute Gasteiger partial charge is 0.391 e. The van der Waals surface area contributed by atoms with Gasteiger partial charge in [0.25, 0.3) is 5.91 Å². The van der Waals surface area contributed by atoms with Crippen LogP contribution in [-0.2, 0) is 9.84 Å². The second-order valence-electron chi connectivity index (χ2n) is 5.83. The summed E-state index contributed by atoms with van der Waals surface area (Å²) in [6.07, 6.45) is 1.34. The number of aryl methyl sites for hydroxylation is 1. The van der Waals surface area contributed by atoms with E-state index in [4.69, 9.17) is 0 Å². The number of likely N-dealkylation sites (tertiary alicyclic amines) is 1. The minimum absolute atomic E-state index is 0.141. The Kier molecular flexibility index (Phi) is 4.39. The van der Waals surface area contributed by atoms with Gasteiger partial charge in [-0.1, -0.05) is 13.0 Å². The van der Waals surface area contributed by atoms with E-state index in [2.05, 4.69) is 0 Å². The van der Waals surface area contributed by atoms with Crippen LogP contribution in [0.5, 0.6) is 0 Å². The second-order valence-corrected chi connectivity index (χ2v) is 7.85. The van der Waals surface area contributed by atoms with Crippen molar-refractivity contribution in [3.8, 4) is 0 Å². The number of hydrogen-bond donors (Lipinski definition) is 1. The molecule has 2 unspecified atom stereocenters. The maximum absolute atomic E-state index is 12.6. The number of amides is 1. The number of hydrogen-bond acceptors (Lipinski definition) is 4. The molecule has 1 amide bonds. The Bertz CT molecular complexity index is 654. The van der Waals surface area contributed by atoms with Crippen LogP contribution in [0.2, 0.25) is 0 Å². The van der Waals surface area contributed by atoms with Gasteiger partial charge in [-0.3, -0.25) is 4.79 Å². The first-order chi connectivity index (χ1) is 9.70. The summed E-state index contributed by atoms with van der Waals surface area (Å²) in [7, 11) is -3.35. The number of benzene rings is 1. The molecule has 1 N–H and O–H groups in total. The van der Waals surface area contributed by atoms with Crippen LogP contribution >= 0.6 is 0 Å². The molecule has 2 atom stereocenters. The highest BCUT2D eigenvalue weighted by atomic mass is 32.2. The molecular formula is C15H21NO4S. The summed E-state index contributed by atoms with van der Waals surface area (Å²) >= 11 is 0. The molecule has 116 valence electrons. The lowest BCUT2D eigenvalue weighted by Gasteiger charge is -2.34. The van der Waals surface area contributed by atoms with Crippen LogP contribution in [0.25, 0.3) is 0 Å². The lowest BCUT2D eigenvalue weighted by Crippen LogP contribution is -2.46. The van der Waals surface area contributed by atoms with Crippen LogP contribution in [0.1, 0.15) is 29.3 Å². The van der Waals surface area contributed by atoms with Crippen molar-refractivity contribution >= 4 is 15.7 Å². The van der Waals surface area contributed by atoms with Crippen LogP contribution in [0.4, 0.5) is 0 Å². The van der Waals surface area contributed by atoms with E-state index < -0.39 is 15.9 Å². The molecule has 0 radical (unpaired) electrons. The van der Waals surface area contributed by atoms with Gasteiger partial charge < -0.3 is 10.0 Å². The number of carbonyl (C=O) groups excluding carboxylic acids is 1. The van der Waals surface area contributed by atoms with Gasteiger partial charge in [0, 0.05) is 24.9 Å². The minimum Gasteiger partial charge on any atom is -0.391 e. The lowest BCUT2D eigenvalue weighted by atomic mass is 9.95. The summed E-state index contributed by atoms with van der Waals surface area (Å²) in [5, 5.41) is 9.91. The third-order valence-corrected chi connectivity index (χ3v) is 5.18. The van der Waals surface area contributed by atoms with Gasteiger partial charge in [-0.15, -0.1) is 0 Å². The highest BCUT2D eigenvalue weighted by molar-refractivity contribution is 7.90. The van der Waals surface area contributed by atoms with E-state index in [1.165, 1.54) is 12.1 Å². The zero-order chi connectivity index (χ0) is 15.8. The molecular weight excluding hydrogens is 290 g/mol. The van der Waals surface area contributed by atoms with Gasteiger partial charge in [0.15, 0.2) is 9.84 Å². The quantitative estimate of drug-likeness (QED) is 0.892. The summed E-state index contributed by atoms with van der Waals surface area (Å²) in [6, 6.07) is 4.58. The molecule has 5 nitrogen and oxygen atoms in total. The van der Waals surface area contributed by atoms with E-state index in [9.17, 15) is 18.3 Å². The van der Waals surface area contributed by atoms with Crippen molar-refractivity contribution in [1.82, 2.24) is 4.90 Å². The highest BCUT2D eigenvalue weighted by Gasteiger charge is 2.28. The van der Waals surface area contributed by atoms with E-state index in [1.54, 1.807) is 17.9 Å². The average molecular weight is 311 g/mol. The monoisotopic (exact) mass is 311 g/mol. The number of aliphatic hydroxyl groups is 1. The number of nitrogens with zero attached hydrogens (tertiary/aromatic N) is 1. The van der Waals surface area contributed by atoms with Crippen LogP contribution in [0.3, 0.4) is 0 Å². The van der Waals surface area contributed by atoms with Crippen molar-refractivity contribution in [2.45, 2.75) is 31.3 Å². The number of rotatable bonds is 2. The summed E-state index contributed by atoms with van der Waals surface area (Å²) < 4.78 is 23.3. The number of aliphatic hydroxyl groups excluding tert-OH is 1. The molecule has 1 saturated heterocycles. The zero-order valence-electron chi connectivity index (χ0n) is 12.5. The predicted molar refractivity (Wildman–Crippen MR) is 80.0 cm³/mol. The highest BCUT2D eigenvalue weighted by Crippen LogP contribution is 2.22. The molecule has 0 aliphatic carbocycles. The first-order valence-corrected chi connectivity index (χ1v) is 8.87. The second kappa shape index (κ2) is 5.77. The molecule has 0 spiro atoms. The molecule has 21 heavy (non-hydrogen) atoms. The van der Waals surface area contributed by atoms with Gasteiger partial charge in [0.05, 0.1) is 11.0 Å². The third kappa shape index (κ3) is 3.44. The summed E-state index contributed by atoms with van der Waals surface area (Å²) in [5.41, 5.74) is 1.13. The normalized spacial score (nSPS) is 23.1. The van der Waals surface area contributed by atoms with Crippen LogP contribution in [0.15, 0.2) is 23.1 Å². The zero-order valence-corrected chi connectivity index (χ0v) is 13.4. The molecule has 1 heterocycles. The van der Waals surface area contributed by atoms with Gasteiger partial charge in [0.1, 0.15) is 0 Å². The van der Waals surface area contributed by atoms with Crippen molar-refractivity contribution in [2.24, 2.45) is 5.92 Å². The van der Waals surface area contributed by atoms with Gasteiger partial charge in [-0.05, 0) is 37.0 Å². The van der Waals surface area contributed by atoms with Gasteiger partial charge in [-0.25, -0.2) is 8.42 Å². The fourth-order valence-electron chi connectivity index (χ4n) is 2.47. The van der Waals surface area contributed by atoms with Crippen molar-refractivity contribution in [2.75, 3.05) is 19.3 Å². The first kappa shape index (κ1) is 16.0. The van der Waals surface area contributed by atoms with Crippen molar-refractivity contribution < 1.29 is 18.3 Å². The van der Waals surface area contributed by atoms with Crippen LogP contribution in [0, 0.1) is 12.8 Å². The number of piperidine rings is 1. The number of sulfone groups is 1. The Morgan fingerprint density at radius 2 is 2.05 bits per heavy atom. The molecule has 1 aromatic carbocycles. The minimum atomic E-state index is -3.35. The van der Waals surface area contributed by atoms with Crippen LogP contribution < -0.4 is 0 Å². The standard InChI is InChI=1S/C15H21NO4S/c1-10-4-5-12(21(3,19)20)8-13(10)15(18)16-7-6-11(2)14(17)9-16/h4-5,8,11,14,17H,6-7,9H2,1-3H3. The van der Waals surface area contributed by atoms with Gasteiger partial charge in [0.2, 0.25) is 0 Å². The Morgan fingerprint density at radius 3 is 2.62 bits per heavy atom. The molecule has 1 aromatic rings. The fraction of sp³-hybridized carbons (Fsp3) is 0.533. The van der Waals surface area contributed by atoms with Crippen molar-refractivity contribution in [3.63, 3.8) is 0 Å². The molecule has 1 aliphatic rings. The molecule has 1 fully saturated rings. The smallest absolute Gasteiger partial charge is 0.254 e. The van der Waals surface area contributed by atoms with E-state index in [0.29, 0.717) is 18.7 Å². The van der Waals surface area contributed by atoms with Gasteiger partial charge >= 0.3 is 0 Å². The molecule has 2 rings (SSSR count). The van der Waals surface area contributed by atoms with E-state index in [0.717, 1.165) is 18.2 Å². The summed E-state index contributed by atoms with van der Waals surface area (Å²) in [5.74, 6) is -0.0403. The Morgan fingerprint density at radius 1 is 1.38 bits per heavy atom. The number of carbonyl (C=O) groups is 1. The first-order valence-electron chi connectivity index (χ1n) is 6.98. The summed E-state index contributed by atoms with van der Waals surface area (Å²) in [6.45, 7) is 4.62. The topological polar surface area (TPSA) is 74.7 Å². The Labute approximate surface area is 125 Å². The van der Waals surface area contributed by atoms with Gasteiger partial charge in [-0.2, -0.15) is 0 Å². The third-order valence-electron chi connectivity index (χ3n) is 4.07. The fourth-order valence-corrected chi connectivity index (χ4v) is 3.11.